The smallest absolute Gasteiger partial charge is 0.356 e. The van der Waals surface area contributed by atoms with Gasteiger partial charge in [0.2, 0.25) is 0 Å². The summed E-state index contributed by atoms with van der Waals surface area (Å²) in [5, 5.41) is 12.9. The van der Waals surface area contributed by atoms with Gasteiger partial charge in [0, 0.05) is 13.1 Å². The number of rotatable bonds is 3. The predicted octanol–water partition coefficient (Wildman–Crippen LogP) is 1.15. The lowest BCUT2D eigenvalue weighted by Crippen LogP contribution is -2.30. The van der Waals surface area contributed by atoms with E-state index < -0.39 is 5.97 Å². The number of nitrogens with one attached hydrogen (secondary N) is 1. The molecule has 1 aliphatic rings. The van der Waals surface area contributed by atoms with Crippen molar-refractivity contribution in [3.05, 3.63) is 12.0 Å². The highest BCUT2D eigenvalue weighted by atomic mass is 16.5. The Morgan fingerprint density at radius 2 is 2.16 bits per heavy atom. The van der Waals surface area contributed by atoms with Crippen LogP contribution in [0.5, 0.6) is 0 Å². The van der Waals surface area contributed by atoms with Crippen LogP contribution in [0.25, 0.3) is 11.6 Å². The predicted molar refractivity (Wildman–Crippen MR) is 64.9 cm³/mol. The fraction of sp³-hybridized carbons (Fsp3) is 0.455. The molecule has 2 N–H and O–H groups in total. The molecule has 8 heteroatoms. The van der Waals surface area contributed by atoms with Gasteiger partial charge >= 0.3 is 5.97 Å². The van der Waals surface area contributed by atoms with Gasteiger partial charge in [-0.05, 0) is 24.4 Å². The molecule has 0 unspecified atom stereocenters. The molecule has 0 radical (unpaired) electrons. The number of nitrogens with zero attached hydrogens (tertiary/aromatic N) is 4. The molecule has 0 saturated carbocycles. The van der Waals surface area contributed by atoms with Crippen LogP contribution >= 0.6 is 0 Å². The van der Waals surface area contributed by atoms with Crippen LogP contribution in [-0.4, -0.2) is 44.3 Å². The minimum Gasteiger partial charge on any atom is -0.476 e. The average molecular weight is 263 g/mol. The minimum atomic E-state index is -1.13. The lowest BCUT2D eigenvalue weighted by atomic mass is 10.1. The quantitative estimate of drug-likeness (QED) is 0.854. The van der Waals surface area contributed by atoms with Crippen molar-refractivity contribution in [1.29, 1.82) is 0 Å². The van der Waals surface area contributed by atoms with Gasteiger partial charge in [0.1, 0.15) is 5.69 Å². The van der Waals surface area contributed by atoms with E-state index in [2.05, 4.69) is 20.1 Å². The molecular weight excluding hydrogens is 250 g/mol. The number of aromatic amines is 1. The molecule has 0 spiro atoms. The number of aromatic nitrogens is 4. The lowest BCUT2D eigenvalue weighted by Gasteiger charge is -2.24. The lowest BCUT2D eigenvalue weighted by molar-refractivity contribution is 0.0691. The maximum atomic E-state index is 11.0. The van der Waals surface area contributed by atoms with Crippen molar-refractivity contribution in [2.75, 3.05) is 18.0 Å². The monoisotopic (exact) mass is 263 g/mol. The Kier molecular flexibility index (Phi) is 2.90. The Morgan fingerprint density at radius 3 is 2.89 bits per heavy atom. The summed E-state index contributed by atoms with van der Waals surface area (Å²) in [7, 11) is 0. The molecule has 19 heavy (non-hydrogen) atoms. The highest BCUT2D eigenvalue weighted by Gasteiger charge is 2.22. The molecule has 0 aromatic carbocycles. The molecule has 2 aromatic heterocycles. The van der Waals surface area contributed by atoms with Gasteiger partial charge in [0.05, 0.1) is 6.33 Å². The number of carbonyl (C=O) groups is 1. The fourth-order valence-corrected chi connectivity index (χ4v) is 2.16. The van der Waals surface area contributed by atoms with E-state index in [1.54, 1.807) is 0 Å². The van der Waals surface area contributed by atoms with Crippen LogP contribution in [0.4, 0.5) is 5.95 Å². The van der Waals surface area contributed by atoms with Crippen molar-refractivity contribution < 1.29 is 14.4 Å². The zero-order valence-corrected chi connectivity index (χ0v) is 10.2. The molecule has 100 valence electrons. The Labute approximate surface area is 108 Å². The van der Waals surface area contributed by atoms with Crippen molar-refractivity contribution in [1.82, 2.24) is 20.1 Å². The summed E-state index contributed by atoms with van der Waals surface area (Å²) in [6.07, 6.45) is 4.72. The first-order valence-corrected chi connectivity index (χ1v) is 6.11. The van der Waals surface area contributed by atoms with E-state index in [0.29, 0.717) is 5.95 Å². The third-order valence-electron chi connectivity index (χ3n) is 3.11. The molecule has 1 fully saturated rings. The number of anilines is 1. The standard InChI is InChI=1S/C11H13N5O3/c17-10(18)8-7(12-6-13-8)9-14-11(15-19-9)16-4-2-1-3-5-16/h6H,1-5H2,(H,12,13)(H,17,18). The van der Waals surface area contributed by atoms with Gasteiger partial charge < -0.3 is 19.5 Å². The number of imidazole rings is 1. The molecule has 1 saturated heterocycles. The van der Waals surface area contributed by atoms with Gasteiger partial charge in [-0.1, -0.05) is 0 Å². The second-order valence-electron chi connectivity index (χ2n) is 4.38. The zero-order chi connectivity index (χ0) is 13.2. The highest BCUT2D eigenvalue weighted by Crippen LogP contribution is 2.22. The first-order valence-electron chi connectivity index (χ1n) is 6.11. The number of carboxylic acid groups (broad SMARTS) is 1. The van der Waals surface area contributed by atoms with E-state index in [0.717, 1.165) is 25.9 Å². The van der Waals surface area contributed by atoms with Crippen LogP contribution in [0.3, 0.4) is 0 Å². The Balaban J connectivity index is 1.88. The second kappa shape index (κ2) is 4.71. The normalized spacial score (nSPS) is 15.7. The van der Waals surface area contributed by atoms with Gasteiger partial charge in [0.25, 0.3) is 11.8 Å². The van der Waals surface area contributed by atoms with Gasteiger partial charge in [-0.25, -0.2) is 9.78 Å². The van der Waals surface area contributed by atoms with E-state index in [4.69, 9.17) is 9.63 Å². The fourth-order valence-electron chi connectivity index (χ4n) is 2.16. The molecule has 3 rings (SSSR count). The minimum absolute atomic E-state index is 0.117. The van der Waals surface area contributed by atoms with Crippen LogP contribution in [-0.2, 0) is 0 Å². The second-order valence-corrected chi connectivity index (χ2v) is 4.38. The molecule has 8 nitrogen and oxygen atoms in total. The summed E-state index contributed by atoms with van der Waals surface area (Å²) in [5.74, 6) is -0.481. The van der Waals surface area contributed by atoms with Gasteiger partial charge in [-0.3, -0.25) is 0 Å². The van der Waals surface area contributed by atoms with E-state index in [1.165, 1.54) is 12.7 Å². The largest absolute Gasteiger partial charge is 0.476 e. The van der Waals surface area contributed by atoms with Crippen LogP contribution in [0.1, 0.15) is 29.8 Å². The van der Waals surface area contributed by atoms with Crippen molar-refractivity contribution in [3.63, 3.8) is 0 Å². The summed E-state index contributed by atoms with van der Waals surface area (Å²) in [6.45, 7) is 1.79. The summed E-state index contributed by atoms with van der Waals surface area (Å²) in [6, 6.07) is 0. The third kappa shape index (κ3) is 2.16. The first-order chi connectivity index (χ1) is 9.25. The molecule has 3 heterocycles. The topological polar surface area (TPSA) is 108 Å². The summed E-state index contributed by atoms with van der Waals surface area (Å²) >= 11 is 0. The number of aromatic carboxylic acids is 1. The van der Waals surface area contributed by atoms with Gasteiger partial charge in [-0.15, -0.1) is 0 Å². The van der Waals surface area contributed by atoms with Gasteiger partial charge in [0.15, 0.2) is 5.69 Å². The van der Waals surface area contributed by atoms with E-state index >= 15 is 0 Å². The summed E-state index contributed by atoms with van der Waals surface area (Å²) in [4.78, 5) is 23.7. The number of hydrogen-bond donors (Lipinski definition) is 2. The Morgan fingerprint density at radius 1 is 1.37 bits per heavy atom. The van der Waals surface area contributed by atoms with Gasteiger partial charge in [-0.2, -0.15) is 4.98 Å². The van der Waals surface area contributed by atoms with E-state index in [-0.39, 0.29) is 17.3 Å². The average Bonchev–Trinajstić information content (AvgIpc) is 3.08. The van der Waals surface area contributed by atoms with Crippen molar-refractivity contribution >= 4 is 11.9 Å². The van der Waals surface area contributed by atoms with E-state index in [9.17, 15) is 4.79 Å². The summed E-state index contributed by atoms with van der Waals surface area (Å²) < 4.78 is 5.12. The van der Waals surface area contributed by atoms with Crippen LogP contribution in [0.15, 0.2) is 10.9 Å². The molecule has 2 aromatic rings. The third-order valence-corrected chi connectivity index (χ3v) is 3.11. The Bertz CT molecular complexity index is 585. The molecular formula is C11H13N5O3. The van der Waals surface area contributed by atoms with Crippen molar-refractivity contribution in [2.45, 2.75) is 19.3 Å². The number of hydrogen-bond acceptors (Lipinski definition) is 6. The van der Waals surface area contributed by atoms with Crippen molar-refractivity contribution in [3.8, 4) is 11.6 Å². The molecule has 0 amide bonds. The number of carboxylic acids is 1. The summed E-state index contributed by atoms with van der Waals surface area (Å²) in [5.41, 5.74) is 0.122. The van der Waals surface area contributed by atoms with Crippen LogP contribution in [0, 0.1) is 0 Å². The molecule has 0 bridgehead atoms. The molecule has 0 atom stereocenters. The maximum Gasteiger partial charge on any atom is 0.356 e. The zero-order valence-electron chi connectivity index (χ0n) is 10.2. The maximum absolute atomic E-state index is 11.0. The van der Waals surface area contributed by atoms with E-state index in [1.807, 2.05) is 4.90 Å². The van der Waals surface area contributed by atoms with Crippen LogP contribution in [0.2, 0.25) is 0 Å². The van der Waals surface area contributed by atoms with Crippen LogP contribution < -0.4 is 4.90 Å². The molecule has 0 aliphatic carbocycles. The highest BCUT2D eigenvalue weighted by molar-refractivity contribution is 5.91. The van der Waals surface area contributed by atoms with Crippen molar-refractivity contribution in [2.24, 2.45) is 0 Å². The Hall–Kier alpha value is -2.38. The molecule has 1 aliphatic heterocycles. The number of piperidine rings is 1. The SMILES string of the molecule is O=C(O)c1nc[nH]c1-c1nc(N2CCCCC2)no1. The number of H-pyrrole nitrogens is 1. The first kappa shape index (κ1) is 11.7.